The number of hydrogen-bond donors (Lipinski definition) is 6. The number of carboxylic acid groups (broad SMARTS) is 1. The number of nitrogens with zero attached hydrogens (tertiary/aromatic N) is 1. The lowest BCUT2D eigenvalue weighted by molar-refractivity contribution is -0.138. The summed E-state index contributed by atoms with van der Waals surface area (Å²) in [5, 5.41) is 44.7. The Kier molecular flexibility index (Phi) is 12.3. The van der Waals surface area contributed by atoms with Crippen LogP contribution in [0, 0.1) is 5.92 Å². The molecule has 0 aliphatic carbocycles. The van der Waals surface area contributed by atoms with Crippen LogP contribution in [-0.2, 0) is 22.4 Å². The van der Waals surface area contributed by atoms with E-state index >= 15 is 0 Å². The molecule has 0 spiro atoms. The molecule has 1 saturated heterocycles. The Morgan fingerprint density at radius 3 is 2.52 bits per heavy atom. The van der Waals surface area contributed by atoms with Crippen molar-refractivity contribution in [3.8, 4) is 28.7 Å². The highest BCUT2D eigenvalue weighted by Gasteiger charge is 2.31. The van der Waals surface area contributed by atoms with Gasteiger partial charge >= 0.3 is 5.97 Å². The minimum Gasteiger partial charge on any atom is -0.504 e. The number of nitrogens with one attached hydrogen (secondary N) is 1. The zero-order valence-electron chi connectivity index (χ0n) is 26.5. The van der Waals surface area contributed by atoms with E-state index in [1.165, 1.54) is 14.2 Å². The number of aromatic nitrogens is 1. The monoisotopic (exact) mass is 639 g/mol. The van der Waals surface area contributed by atoms with Gasteiger partial charge in [0.2, 0.25) is 5.75 Å². The Bertz CT molecular complexity index is 1450. The maximum absolute atomic E-state index is 11.8. The fraction of sp³-hybridized carbons (Fsp3) is 0.471. The maximum atomic E-state index is 11.8. The number of carboxylic acids is 1. The van der Waals surface area contributed by atoms with Crippen molar-refractivity contribution < 1.29 is 44.2 Å². The van der Waals surface area contributed by atoms with Gasteiger partial charge in [-0.25, -0.2) is 4.98 Å². The number of aryl methyl sites for hydroxylation is 1. The summed E-state index contributed by atoms with van der Waals surface area (Å²) in [5.41, 5.74) is 8.36. The molecule has 0 bridgehead atoms. The lowest BCUT2D eigenvalue weighted by atomic mass is 9.89. The van der Waals surface area contributed by atoms with E-state index in [1.807, 2.05) is 19.1 Å². The fourth-order valence-corrected chi connectivity index (χ4v) is 5.96. The van der Waals surface area contributed by atoms with Gasteiger partial charge in [0.05, 0.1) is 39.0 Å². The molecule has 1 aliphatic heterocycles. The first-order valence-corrected chi connectivity index (χ1v) is 15.5. The number of anilines is 1. The van der Waals surface area contributed by atoms with Crippen molar-refractivity contribution in [1.82, 2.24) is 10.3 Å². The van der Waals surface area contributed by atoms with Gasteiger partial charge in [-0.3, -0.25) is 4.79 Å². The minimum absolute atomic E-state index is 0.0688. The second-order valence-electron chi connectivity index (χ2n) is 11.6. The van der Waals surface area contributed by atoms with Crippen molar-refractivity contribution in [2.75, 3.05) is 33.1 Å². The molecule has 1 aromatic heterocycles. The van der Waals surface area contributed by atoms with E-state index in [9.17, 15) is 25.2 Å². The lowest BCUT2D eigenvalue weighted by Gasteiger charge is -2.34. The zero-order chi connectivity index (χ0) is 33.2. The quantitative estimate of drug-likeness (QED) is 0.133. The largest absolute Gasteiger partial charge is 0.504 e. The Hall–Kier alpha value is -4.26. The lowest BCUT2D eigenvalue weighted by Crippen LogP contribution is -2.42. The number of aromatic hydroxyl groups is 2. The van der Waals surface area contributed by atoms with Gasteiger partial charge in [0.1, 0.15) is 12.4 Å². The summed E-state index contributed by atoms with van der Waals surface area (Å²) in [6.45, 7) is 2.57. The molecule has 12 heteroatoms. The summed E-state index contributed by atoms with van der Waals surface area (Å²) < 4.78 is 23.3. The van der Waals surface area contributed by atoms with Gasteiger partial charge in [-0.05, 0) is 91.2 Å². The number of phenolic OH excluding ortho intramolecular Hbond substituents is 2. The molecule has 3 aromatic rings. The molecule has 0 saturated carbocycles. The van der Waals surface area contributed by atoms with E-state index < -0.39 is 18.2 Å². The number of ether oxygens (including phenoxy) is 4. The number of aliphatic hydroxyl groups excluding tert-OH is 1. The number of nitrogens with two attached hydrogens (primary N) is 1. The molecule has 2 heterocycles. The topological polar surface area (TPSA) is 186 Å². The highest BCUT2D eigenvalue weighted by Crippen LogP contribution is 2.43. The van der Waals surface area contributed by atoms with Crippen LogP contribution in [0.1, 0.15) is 55.4 Å². The molecule has 46 heavy (non-hydrogen) atoms. The van der Waals surface area contributed by atoms with Gasteiger partial charge in [-0.1, -0.05) is 13.0 Å². The molecule has 0 amide bonds. The third-order valence-corrected chi connectivity index (χ3v) is 8.26. The number of rotatable bonds is 16. The first-order valence-electron chi connectivity index (χ1n) is 15.5. The molecule has 4 rings (SSSR count). The molecular weight excluding hydrogens is 594 g/mol. The van der Waals surface area contributed by atoms with Crippen molar-refractivity contribution in [1.29, 1.82) is 0 Å². The predicted molar refractivity (Wildman–Crippen MR) is 172 cm³/mol. The van der Waals surface area contributed by atoms with Crippen LogP contribution in [0.5, 0.6) is 28.7 Å². The van der Waals surface area contributed by atoms with Gasteiger partial charge < -0.3 is 50.4 Å². The van der Waals surface area contributed by atoms with Gasteiger partial charge in [0.15, 0.2) is 23.0 Å². The standard InChI is InChI=1S/C34H45N3O9/c1-4-36-26(22(16-33(40)41)11-21-9-10-37-32(35)13-21)19-45-31-15-23(14-30(44-3)34(31)42)28-18-24(38)17-25(46-28)7-5-20-6-8-27(39)29(12-20)43-2/h6,8-10,12-15,22,24-26,28,36,38-39,42H,4-5,7,11,16-19H2,1-3H3,(H2,35,37)(H,40,41). The summed E-state index contributed by atoms with van der Waals surface area (Å²) in [6, 6.07) is 11.7. The third kappa shape index (κ3) is 9.38. The fourth-order valence-electron chi connectivity index (χ4n) is 5.96. The van der Waals surface area contributed by atoms with E-state index in [4.69, 9.17) is 24.7 Å². The Balaban J connectivity index is 1.50. The number of likely N-dealkylation sites (N-methyl/N-ethyl adjacent to an activating group) is 1. The number of methoxy groups -OCH3 is 2. The van der Waals surface area contributed by atoms with Crippen molar-refractivity contribution in [2.45, 2.75) is 69.8 Å². The van der Waals surface area contributed by atoms with E-state index in [0.717, 1.165) is 11.1 Å². The summed E-state index contributed by atoms with van der Waals surface area (Å²) in [4.78, 5) is 15.8. The maximum Gasteiger partial charge on any atom is 0.303 e. The summed E-state index contributed by atoms with van der Waals surface area (Å²) in [7, 11) is 2.95. The molecule has 2 aromatic carbocycles. The number of aliphatic hydroxyl groups is 1. The normalized spacial score (nSPS) is 19.3. The third-order valence-electron chi connectivity index (χ3n) is 8.26. The summed E-state index contributed by atoms with van der Waals surface area (Å²) in [5.74, 6) is -0.290. The van der Waals surface area contributed by atoms with Crippen LogP contribution in [0.25, 0.3) is 0 Å². The van der Waals surface area contributed by atoms with Crippen LogP contribution in [0.2, 0.25) is 0 Å². The average molecular weight is 640 g/mol. The number of hydrogen-bond acceptors (Lipinski definition) is 11. The second-order valence-corrected chi connectivity index (χ2v) is 11.6. The molecule has 5 atom stereocenters. The molecule has 0 radical (unpaired) electrons. The van der Waals surface area contributed by atoms with Crippen molar-refractivity contribution in [2.24, 2.45) is 5.92 Å². The first-order chi connectivity index (χ1) is 22.1. The van der Waals surface area contributed by atoms with E-state index in [-0.39, 0.29) is 54.1 Å². The number of pyridine rings is 1. The molecular formula is C34H45N3O9. The Morgan fingerprint density at radius 1 is 1.07 bits per heavy atom. The van der Waals surface area contributed by atoms with E-state index in [1.54, 1.807) is 36.5 Å². The minimum atomic E-state index is -0.937. The Labute approximate surface area is 269 Å². The van der Waals surface area contributed by atoms with Crippen LogP contribution in [-0.4, -0.2) is 77.0 Å². The van der Waals surface area contributed by atoms with Gasteiger partial charge in [0.25, 0.3) is 0 Å². The number of aliphatic carboxylic acids is 1. The second kappa shape index (κ2) is 16.3. The smallest absolute Gasteiger partial charge is 0.303 e. The van der Waals surface area contributed by atoms with Gasteiger partial charge in [-0.15, -0.1) is 0 Å². The first kappa shape index (κ1) is 34.6. The van der Waals surface area contributed by atoms with Gasteiger partial charge in [-0.2, -0.15) is 0 Å². The average Bonchev–Trinajstić information content (AvgIpc) is 3.02. The van der Waals surface area contributed by atoms with Gasteiger partial charge in [0, 0.05) is 18.7 Å². The number of carbonyl (C=O) groups is 1. The molecule has 12 nitrogen and oxygen atoms in total. The summed E-state index contributed by atoms with van der Waals surface area (Å²) in [6.07, 6.45) is 2.72. The zero-order valence-corrected chi connectivity index (χ0v) is 26.5. The predicted octanol–water partition coefficient (Wildman–Crippen LogP) is 4.00. The molecule has 5 unspecified atom stereocenters. The number of benzene rings is 2. The van der Waals surface area contributed by atoms with Crippen LogP contribution in [0.4, 0.5) is 5.82 Å². The molecule has 1 fully saturated rings. The van der Waals surface area contributed by atoms with Crippen LogP contribution in [0.15, 0.2) is 48.7 Å². The SMILES string of the molecule is CCNC(COc1cc(C2CC(O)CC(CCc3ccc(O)c(OC)c3)O2)cc(OC)c1O)C(CC(=O)O)Cc1ccnc(N)c1. The molecule has 1 aliphatic rings. The van der Waals surface area contributed by atoms with Crippen molar-refractivity contribution in [3.63, 3.8) is 0 Å². The van der Waals surface area contributed by atoms with Crippen LogP contribution >= 0.6 is 0 Å². The van der Waals surface area contributed by atoms with Crippen molar-refractivity contribution in [3.05, 3.63) is 65.4 Å². The molecule has 250 valence electrons. The van der Waals surface area contributed by atoms with E-state index in [2.05, 4.69) is 10.3 Å². The Morgan fingerprint density at radius 2 is 1.83 bits per heavy atom. The summed E-state index contributed by atoms with van der Waals surface area (Å²) >= 11 is 0. The van der Waals surface area contributed by atoms with E-state index in [0.29, 0.717) is 55.8 Å². The number of phenols is 2. The van der Waals surface area contributed by atoms with Crippen molar-refractivity contribution >= 4 is 11.8 Å². The number of nitrogen functional groups attached to an aromatic ring is 1. The van der Waals surface area contributed by atoms with Crippen LogP contribution < -0.4 is 25.3 Å². The van der Waals surface area contributed by atoms with Crippen LogP contribution in [0.3, 0.4) is 0 Å². The highest BCUT2D eigenvalue weighted by atomic mass is 16.5. The molecule has 7 N–H and O–H groups in total. The highest BCUT2D eigenvalue weighted by molar-refractivity contribution is 5.67.